The van der Waals surface area contributed by atoms with E-state index in [-0.39, 0.29) is 18.4 Å². The molecule has 1 aliphatic carbocycles. The van der Waals surface area contributed by atoms with Gasteiger partial charge in [0.15, 0.2) is 0 Å². The summed E-state index contributed by atoms with van der Waals surface area (Å²) < 4.78 is 0. The quantitative estimate of drug-likeness (QED) is 0.772. The molecule has 1 N–H and O–H groups in total. The lowest BCUT2D eigenvalue weighted by atomic mass is 9.76. The zero-order valence-electron chi connectivity index (χ0n) is 10.1. The number of hydrogen-bond acceptors (Lipinski definition) is 2. The van der Waals surface area contributed by atoms with Crippen LogP contribution in [0.5, 0.6) is 0 Å². The number of aliphatic hydroxyl groups excluding tert-OH is 1. The fourth-order valence-corrected chi connectivity index (χ4v) is 2.72. The van der Waals surface area contributed by atoms with E-state index in [9.17, 15) is 4.79 Å². The standard InChI is InChI=1S/C12H23NO2/c1-9-6-10(2)8-11(7-9)12(15)13(3)4-5-14/h9-11,14H,4-8H2,1-3H3. The van der Waals surface area contributed by atoms with Crippen molar-refractivity contribution >= 4 is 5.91 Å². The Morgan fingerprint density at radius 2 is 1.80 bits per heavy atom. The Hall–Kier alpha value is -0.570. The molecule has 1 rings (SSSR count). The Labute approximate surface area is 92.5 Å². The van der Waals surface area contributed by atoms with Crippen LogP contribution in [0.25, 0.3) is 0 Å². The largest absolute Gasteiger partial charge is 0.395 e. The van der Waals surface area contributed by atoms with Crippen LogP contribution in [-0.4, -0.2) is 36.1 Å². The number of nitrogens with zero attached hydrogens (tertiary/aromatic N) is 1. The third-order valence-electron chi connectivity index (χ3n) is 3.34. The molecule has 2 atom stereocenters. The van der Waals surface area contributed by atoms with Gasteiger partial charge in [-0.3, -0.25) is 4.79 Å². The van der Waals surface area contributed by atoms with Gasteiger partial charge in [-0.25, -0.2) is 0 Å². The minimum Gasteiger partial charge on any atom is -0.395 e. The number of rotatable bonds is 3. The molecule has 0 aliphatic heterocycles. The van der Waals surface area contributed by atoms with E-state index in [0.29, 0.717) is 18.4 Å². The van der Waals surface area contributed by atoms with E-state index >= 15 is 0 Å². The number of likely N-dealkylation sites (N-methyl/N-ethyl adjacent to an activating group) is 1. The molecular formula is C12H23NO2. The maximum atomic E-state index is 12.0. The lowest BCUT2D eigenvalue weighted by molar-refractivity contribution is -0.136. The van der Waals surface area contributed by atoms with Crippen LogP contribution in [0.4, 0.5) is 0 Å². The fraction of sp³-hybridized carbons (Fsp3) is 0.917. The second kappa shape index (κ2) is 5.50. The Bertz CT molecular complexity index is 208. The van der Waals surface area contributed by atoms with E-state index in [1.165, 1.54) is 6.42 Å². The normalized spacial score (nSPS) is 31.3. The average Bonchev–Trinajstić information content (AvgIpc) is 2.15. The van der Waals surface area contributed by atoms with Crippen LogP contribution in [0.15, 0.2) is 0 Å². The molecule has 3 heteroatoms. The molecule has 15 heavy (non-hydrogen) atoms. The van der Waals surface area contributed by atoms with Crippen molar-refractivity contribution in [2.24, 2.45) is 17.8 Å². The van der Waals surface area contributed by atoms with E-state index in [4.69, 9.17) is 5.11 Å². The van der Waals surface area contributed by atoms with Crippen LogP contribution in [0, 0.1) is 17.8 Å². The molecule has 0 saturated heterocycles. The molecule has 2 unspecified atom stereocenters. The molecule has 1 amide bonds. The van der Waals surface area contributed by atoms with Gasteiger partial charge in [0.25, 0.3) is 0 Å². The first kappa shape index (κ1) is 12.5. The maximum absolute atomic E-state index is 12.0. The van der Waals surface area contributed by atoms with Gasteiger partial charge in [0.1, 0.15) is 0 Å². The van der Waals surface area contributed by atoms with E-state index in [2.05, 4.69) is 13.8 Å². The van der Waals surface area contributed by atoms with Gasteiger partial charge in [-0.05, 0) is 31.1 Å². The topological polar surface area (TPSA) is 40.5 Å². The molecule has 0 bridgehead atoms. The van der Waals surface area contributed by atoms with Gasteiger partial charge in [0, 0.05) is 19.5 Å². The first-order valence-corrected chi connectivity index (χ1v) is 5.90. The zero-order valence-corrected chi connectivity index (χ0v) is 10.1. The molecular weight excluding hydrogens is 190 g/mol. The Balaban J connectivity index is 2.51. The fourth-order valence-electron chi connectivity index (χ4n) is 2.72. The smallest absolute Gasteiger partial charge is 0.225 e. The number of carbonyl (C=O) groups is 1. The molecule has 0 aromatic carbocycles. The summed E-state index contributed by atoms with van der Waals surface area (Å²) in [5, 5.41) is 8.79. The van der Waals surface area contributed by atoms with Crippen molar-refractivity contribution in [3.63, 3.8) is 0 Å². The number of amides is 1. The summed E-state index contributed by atoms with van der Waals surface area (Å²) in [6.07, 6.45) is 3.27. The van der Waals surface area contributed by atoms with Gasteiger partial charge in [-0.15, -0.1) is 0 Å². The van der Waals surface area contributed by atoms with Gasteiger partial charge in [-0.2, -0.15) is 0 Å². The lowest BCUT2D eigenvalue weighted by Gasteiger charge is -2.32. The first-order chi connectivity index (χ1) is 7.04. The maximum Gasteiger partial charge on any atom is 0.225 e. The van der Waals surface area contributed by atoms with Crippen LogP contribution < -0.4 is 0 Å². The summed E-state index contributed by atoms with van der Waals surface area (Å²) >= 11 is 0. The summed E-state index contributed by atoms with van der Waals surface area (Å²) in [6, 6.07) is 0. The minimum atomic E-state index is 0.0556. The molecule has 88 valence electrons. The molecule has 0 spiro atoms. The van der Waals surface area contributed by atoms with Crippen molar-refractivity contribution in [2.45, 2.75) is 33.1 Å². The van der Waals surface area contributed by atoms with Crippen LogP contribution in [-0.2, 0) is 4.79 Å². The van der Waals surface area contributed by atoms with Crippen molar-refractivity contribution in [3.05, 3.63) is 0 Å². The molecule has 1 fully saturated rings. The van der Waals surface area contributed by atoms with Gasteiger partial charge >= 0.3 is 0 Å². The summed E-state index contributed by atoms with van der Waals surface area (Å²) in [7, 11) is 1.78. The zero-order chi connectivity index (χ0) is 11.4. The van der Waals surface area contributed by atoms with E-state index in [1.807, 2.05) is 0 Å². The van der Waals surface area contributed by atoms with Crippen LogP contribution >= 0.6 is 0 Å². The predicted octanol–water partition coefficient (Wildman–Crippen LogP) is 1.51. The summed E-state index contributed by atoms with van der Waals surface area (Å²) in [5.41, 5.74) is 0. The molecule has 0 aromatic heterocycles. The van der Waals surface area contributed by atoms with Gasteiger partial charge in [0.2, 0.25) is 5.91 Å². The lowest BCUT2D eigenvalue weighted by Crippen LogP contribution is -2.38. The Kier molecular flexibility index (Phi) is 4.58. The highest BCUT2D eigenvalue weighted by Crippen LogP contribution is 2.33. The van der Waals surface area contributed by atoms with Crippen molar-refractivity contribution in [1.29, 1.82) is 0 Å². The second-order valence-corrected chi connectivity index (χ2v) is 5.10. The molecule has 1 aliphatic rings. The number of hydrogen-bond donors (Lipinski definition) is 1. The summed E-state index contributed by atoms with van der Waals surface area (Å²) in [5.74, 6) is 1.71. The first-order valence-electron chi connectivity index (χ1n) is 5.90. The molecule has 3 nitrogen and oxygen atoms in total. The van der Waals surface area contributed by atoms with Gasteiger partial charge in [-0.1, -0.05) is 13.8 Å². The Morgan fingerprint density at radius 3 is 2.27 bits per heavy atom. The van der Waals surface area contributed by atoms with E-state index in [1.54, 1.807) is 11.9 Å². The highest BCUT2D eigenvalue weighted by molar-refractivity contribution is 5.78. The van der Waals surface area contributed by atoms with Gasteiger partial charge < -0.3 is 10.0 Å². The third-order valence-corrected chi connectivity index (χ3v) is 3.34. The van der Waals surface area contributed by atoms with Crippen molar-refractivity contribution in [3.8, 4) is 0 Å². The molecule has 0 heterocycles. The van der Waals surface area contributed by atoms with Crippen LogP contribution in [0.2, 0.25) is 0 Å². The van der Waals surface area contributed by atoms with Crippen molar-refractivity contribution < 1.29 is 9.90 Å². The molecule has 0 aromatic rings. The highest BCUT2D eigenvalue weighted by Gasteiger charge is 2.30. The SMILES string of the molecule is CC1CC(C)CC(C(=O)N(C)CCO)C1. The van der Waals surface area contributed by atoms with Gasteiger partial charge in [0.05, 0.1) is 6.61 Å². The van der Waals surface area contributed by atoms with Crippen LogP contribution in [0.1, 0.15) is 33.1 Å². The third kappa shape index (κ3) is 3.49. The highest BCUT2D eigenvalue weighted by atomic mass is 16.3. The van der Waals surface area contributed by atoms with Crippen LogP contribution in [0.3, 0.4) is 0 Å². The number of carbonyl (C=O) groups excluding carboxylic acids is 1. The minimum absolute atomic E-state index is 0.0556. The van der Waals surface area contributed by atoms with E-state index < -0.39 is 0 Å². The summed E-state index contributed by atoms with van der Waals surface area (Å²) in [4.78, 5) is 13.7. The van der Waals surface area contributed by atoms with E-state index in [0.717, 1.165) is 12.8 Å². The average molecular weight is 213 g/mol. The Morgan fingerprint density at radius 1 is 1.27 bits per heavy atom. The summed E-state index contributed by atoms with van der Waals surface area (Å²) in [6.45, 7) is 4.96. The molecule has 0 radical (unpaired) electrons. The monoisotopic (exact) mass is 213 g/mol. The second-order valence-electron chi connectivity index (χ2n) is 5.10. The predicted molar refractivity (Wildman–Crippen MR) is 60.4 cm³/mol. The molecule has 1 saturated carbocycles. The number of aliphatic hydroxyl groups is 1. The van der Waals surface area contributed by atoms with Crippen molar-refractivity contribution in [2.75, 3.05) is 20.2 Å². The van der Waals surface area contributed by atoms with Crippen molar-refractivity contribution in [1.82, 2.24) is 4.90 Å².